The molecule has 23 heavy (non-hydrogen) atoms. The van der Waals surface area contributed by atoms with Crippen LogP contribution in [0.25, 0.3) is 0 Å². The molecule has 1 unspecified atom stereocenters. The molecule has 1 atom stereocenters. The molecule has 0 saturated carbocycles. The van der Waals surface area contributed by atoms with Gasteiger partial charge in [-0.1, -0.05) is 30.1 Å². The van der Waals surface area contributed by atoms with Gasteiger partial charge in [0.15, 0.2) is 6.10 Å². The van der Waals surface area contributed by atoms with Crippen molar-refractivity contribution in [3.63, 3.8) is 0 Å². The Morgan fingerprint density at radius 1 is 1.39 bits per heavy atom. The number of likely N-dealkylation sites (tertiary alicyclic amines) is 1. The molecule has 1 fully saturated rings. The lowest BCUT2D eigenvalue weighted by Gasteiger charge is -2.33. The van der Waals surface area contributed by atoms with Gasteiger partial charge in [-0.05, 0) is 57.0 Å². The minimum atomic E-state index is -0.556. The predicted octanol–water partition coefficient (Wildman–Crippen LogP) is 3.61. The van der Waals surface area contributed by atoms with E-state index >= 15 is 0 Å². The maximum Gasteiger partial charge on any atom is 0.263 e. The van der Waals surface area contributed by atoms with Gasteiger partial charge in [0.1, 0.15) is 5.75 Å². The zero-order valence-corrected chi connectivity index (χ0v) is 15.2. The average molecular weight is 359 g/mol. The molecule has 0 aromatic heterocycles. The first-order chi connectivity index (χ1) is 11.0. The Balaban J connectivity index is 1.85. The number of nitrogens with zero attached hydrogens (tertiary/aromatic N) is 1. The smallest absolute Gasteiger partial charge is 0.263 e. The number of rotatable bonds is 6. The minimum absolute atomic E-state index is 0.0120. The van der Waals surface area contributed by atoms with Gasteiger partial charge in [0.25, 0.3) is 5.91 Å². The molecular weight excluding hydrogens is 335 g/mol. The first-order valence-electron chi connectivity index (χ1n) is 8.12. The molecule has 1 amide bonds. The summed E-state index contributed by atoms with van der Waals surface area (Å²) in [4.78, 5) is 14.4. The summed E-state index contributed by atoms with van der Waals surface area (Å²) < 4.78 is 5.71. The van der Waals surface area contributed by atoms with Gasteiger partial charge in [0.2, 0.25) is 0 Å². The molecule has 1 aliphatic rings. The van der Waals surface area contributed by atoms with Crippen molar-refractivity contribution in [2.45, 2.75) is 32.8 Å². The van der Waals surface area contributed by atoms with Crippen LogP contribution >= 0.6 is 23.2 Å². The van der Waals surface area contributed by atoms with Crippen LogP contribution in [0.15, 0.2) is 18.2 Å². The highest BCUT2D eigenvalue weighted by molar-refractivity contribution is 6.35. The zero-order valence-electron chi connectivity index (χ0n) is 13.6. The summed E-state index contributed by atoms with van der Waals surface area (Å²) in [5.41, 5.74) is 0. The Hall–Kier alpha value is -0.970. The summed E-state index contributed by atoms with van der Waals surface area (Å²) in [5, 5.41) is 4.34. The molecule has 1 aromatic rings. The number of carbonyl (C=O) groups is 1. The van der Waals surface area contributed by atoms with Gasteiger partial charge in [-0.25, -0.2) is 0 Å². The third kappa shape index (κ3) is 5.27. The Morgan fingerprint density at radius 2 is 2.09 bits per heavy atom. The van der Waals surface area contributed by atoms with Crippen LogP contribution in [0.5, 0.6) is 5.75 Å². The van der Waals surface area contributed by atoms with Crippen molar-refractivity contribution in [3.8, 4) is 5.75 Å². The van der Waals surface area contributed by atoms with Crippen LogP contribution < -0.4 is 10.1 Å². The van der Waals surface area contributed by atoms with E-state index in [1.54, 1.807) is 25.1 Å². The first-order valence-corrected chi connectivity index (χ1v) is 8.88. The number of ether oxygens (including phenoxy) is 1. The molecule has 0 spiro atoms. The molecular formula is C17H24Cl2N2O2. The van der Waals surface area contributed by atoms with E-state index in [4.69, 9.17) is 27.9 Å². The maximum absolute atomic E-state index is 12.5. The number of hydrogen-bond donors (Lipinski definition) is 1. The summed E-state index contributed by atoms with van der Waals surface area (Å²) in [6.07, 6.45) is 1.51. The van der Waals surface area contributed by atoms with E-state index in [1.807, 2.05) is 4.90 Å². The monoisotopic (exact) mass is 358 g/mol. The first kappa shape index (κ1) is 18.4. The number of benzene rings is 1. The van der Waals surface area contributed by atoms with Crippen LogP contribution in [0.3, 0.4) is 0 Å². The highest BCUT2D eigenvalue weighted by Gasteiger charge is 2.27. The molecule has 2 rings (SSSR count). The summed E-state index contributed by atoms with van der Waals surface area (Å²) in [7, 11) is 0. The molecule has 4 nitrogen and oxygen atoms in total. The predicted molar refractivity (Wildman–Crippen MR) is 94.4 cm³/mol. The maximum atomic E-state index is 12.5. The summed E-state index contributed by atoms with van der Waals surface area (Å²) >= 11 is 12.0. The number of carbonyl (C=O) groups excluding carboxylic acids is 1. The Labute approximate surface area is 148 Å². The highest BCUT2D eigenvalue weighted by atomic mass is 35.5. The van der Waals surface area contributed by atoms with E-state index in [0.717, 1.165) is 39.0 Å². The van der Waals surface area contributed by atoms with Gasteiger partial charge in [0.05, 0.1) is 5.02 Å². The van der Waals surface area contributed by atoms with Crippen molar-refractivity contribution in [1.82, 2.24) is 10.2 Å². The lowest BCUT2D eigenvalue weighted by molar-refractivity contribution is -0.139. The van der Waals surface area contributed by atoms with Crippen LogP contribution in [-0.2, 0) is 4.79 Å². The molecule has 0 aliphatic carbocycles. The third-order valence-corrected chi connectivity index (χ3v) is 4.69. The van der Waals surface area contributed by atoms with E-state index in [0.29, 0.717) is 21.7 Å². The van der Waals surface area contributed by atoms with E-state index in [-0.39, 0.29) is 5.91 Å². The standard InChI is InChI=1S/C17H24Cl2N2O2/c1-3-20-11-13-6-8-21(9-7-13)17(22)12(2)23-16-5-4-14(18)10-15(16)19/h4-5,10,12-13,20H,3,6-9,11H2,1-2H3. The summed E-state index contributed by atoms with van der Waals surface area (Å²) in [6, 6.07) is 5.01. The molecule has 1 N–H and O–H groups in total. The van der Waals surface area contributed by atoms with Crippen LogP contribution in [0, 0.1) is 5.92 Å². The van der Waals surface area contributed by atoms with Crippen molar-refractivity contribution < 1.29 is 9.53 Å². The SMILES string of the molecule is CCNCC1CCN(C(=O)C(C)Oc2ccc(Cl)cc2Cl)CC1. The zero-order chi connectivity index (χ0) is 16.8. The Kier molecular flexibility index (Phi) is 7.00. The number of piperidine rings is 1. The third-order valence-electron chi connectivity index (χ3n) is 4.15. The fraction of sp³-hybridized carbons (Fsp3) is 0.588. The molecule has 1 saturated heterocycles. The van der Waals surface area contributed by atoms with Gasteiger partial charge >= 0.3 is 0 Å². The van der Waals surface area contributed by atoms with Crippen molar-refractivity contribution in [2.24, 2.45) is 5.92 Å². The molecule has 1 heterocycles. The number of halogens is 2. The molecule has 0 radical (unpaired) electrons. The average Bonchev–Trinajstić information content (AvgIpc) is 2.55. The van der Waals surface area contributed by atoms with Crippen molar-refractivity contribution in [3.05, 3.63) is 28.2 Å². The van der Waals surface area contributed by atoms with Crippen LogP contribution in [0.4, 0.5) is 0 Å². The van der Waals surface area contributed by atoms with Gasteiger partial charge in [-0.2, -0.15) is 0 Å². The Bertz CT molecular complexity index is 531. The minimum Gasteiger partial charge on any atom is -0.479 e. The fourth-order valence-electron chi connectivity index (χ4n) is 2.77. The lowest BCUT2D eigenvalue weighted by Crippen LogP contribution is -2.45. The Morgan fingerprint density at radius 3 is 2.70 bits per heavy atom. The second kappa shape index (κ2) is 8.76. The fourth-order valence-corrected chi connectivity index (χ4v) is 3.23. The molecule has 128 valence electrons. The van der Waals surface area contributed by atoms with E-state index in [1.165, 1.54) is 0 Å². The molecule has 0 bridgehead atoms. The lowest BCUT2D eigenvalue weighted by atomic mass is 9.96. The van der Waals surface area contributed by atoms with Crippen molar-refractivity contribution in [2.75, 3.05) is 26.2 Å². The van der Waals surface area contributed by atoms with Gasteiger partial charge in [0, 0.05) is 18.1 Å². The number of amides is 1. The molecule has 6 heteroatoms. The molecule has 1 aromatic carbocycles. The quantitative estimate of drug-likeness (QED) is 0.844. The van der Waals surface area contributed by atoms with Gasteiger partial charge in [-0.15, -0.1) is 0 Å². The van der Waals surface area contributed by atoms with E-state index < -0.39 is 6.10 Å². The summed E-state index contributed by atoms with van der Waals surface area (Å²) in [5.74, 6) is 1.15. The topological polar surface area (TPSA) is 41.6 Å². The van der Waals surface area contributed by atoms with Crippen LogP contribution in [0.2, 0.25) is 10.0 Å². The second-order valence-electron chi connectivity index (χ2n) is 5.91. The normalized spacial score (nSPS) is 17.1. The van der Waals surface area contributed by atoms with Gasteiger partial charge < -0.3 is 15.0 Å². The second-order valence-corrected chi connectivity index (χ2v) is 6.75. The van der Waals surface area contributed by atoms with Gasteiger partial charge in [-0.3, -0.25) is 4.79 Å². The van der Waals surface area contributed by atoms with Crippen LogP contribution in [0.1, 0.15) is 26.7 Å². The van der Waals surface area contributed by atoms with Crippen molar-refractivity contribution in [1.29, 1.82) is 0 Å². The number of nitrogens with one attached hydrogen (secondary N) is 1. The summed E-state index contributed by atoms with van der Waals surface area (Å²) in [6.45, 7) is 7.47. The van der Waals surface area contributed by atoms with Crippen LogP contribution in [-0.4, -0.2) is 43.1 Å². The molecule has 1 aliphatic heterocycles. The highest BCUT2D eigenvalue weighted by Crippen LogP contribution is 2.28. The van der Waals surface area contributed by atoms with Crippen molar-refractivity contribution >= 4 is 29.1 Å². The van der Waals surface area contributed by atoms with E-state index in [9.17, 15) is 4.79 Å². The number of hydrogen-bond acceptors (Lipinski definition) is 3. The van der Waals surface area contributed by atoms with E-state index in [2.05, 4.69) is 12.2 Å². The largest absolute Gasteiger partial charge is 0.479 e.